The van der Waals surface area contributed by atoms with Crippen LogP contribution in [0, 0.1) is 0 Å². The van der Waals surface area contributed by atoms with Crippen molar-refractivity contribution < 1.29 is 9.53 Å². The molecule has 28 heavy (non-hydrogen) atoms. The molecule has 148 valence electrons. The zero-order valence-electron chi connectivity index (χ0n) is 16.3. The van der Waals surface area contributed by atoms with Crippen molar-refractivity contribution >= 4 is 32.6 Å². The van der Waals surface area contributed by atoms with E-state index in [1.165, 1.54) is 5.56 Å². The van der Waals surface area contributed by atoms with E-state index in [1.807, 2.05) is 6.07 Å². The number of anilines is 1. The molecule has 8 heteroatoms. The predicted molar refractivity (Wildman–Crippen MR) is 111 cm³/mol. The third kappa shape index (κ3) is 3.94. The van der Waals surface area contributed by atoms with Crippen LogP contribution in [0.1, 0.15) is 23.0 Å². The van der Waals surface area contributed by atoms with Gasteiger partial charge in [0, 0.05) is 39.4 Å². The molecule has 0 bridgehead atoms. The summed E-state index contributed by atoms with van der Waals surface area (Å²) in [6.07, 6.45) is 2.64. The van der Waals surface area contributed by atoms with Crippen molar-refractivity contribution in [2.75, 3.05) is 44.3 Å². The number of fused-ring (bicyclic) bond motifs is 1. The molecule has 0 N–H and O–H groups in total. The lowest BCUT2D eigenvalue weighted by Gasteiger charge is -2.29. The second-order valence-corrected chi connectivity index (χ2v) is 7.91. The maximum Gasteiger partial charge on any atom is 0.278 e. The molecule has 0 saturated carbocycles. The van der Waals surface area contributed by atoms with Gasteiger partial charge in [-0.1, -0.05) is 24.3 Å². The number of carbonyl (C=O) groups excluding carboxylic acids is 1. The third-order valence-electron chi connectivity index (χ3n) is 5.11. The largest absolute Gasteiger partial charge is 0.379 e. The number of benzene rings is 1. The Hall–Kier alpha value is -2.29. The van der Waals surface area contributed by atoms with E-state index >= 15 is 0 Å². The maximum atomic E-state index is 13.3. The average Bonchev–Trinajstić information content (AvgIpc) is 3.34. The van der Waals surface area contributed by atoms with E-state index in [1.54, 1.807) is 40.2 Å². The molecule has 2 aromatic heterocycles. The minimum absolute atomic E-state index is 0.0666. The number of carbonyl (C=O) groups is 1. The van der Waals surface area contributed by atoms with E-state index in [0.717, 1.165) is 54.6 Å². The Labute approximate surface area is 168 Å². The number of amides is 1. The van der Waals surface area contributed by atoms with E-state index in [0.29, 0.717) is 12.2 Å². The maximum absolute atomic E-state index is 13.3. The summed E-state index contributed by atoms with van der Waals surface area (Å²) in [7, 11) is 1.79. The highest BCUT2D eigenvalue weighted by atomic mass is 32.1. The molecular formula is C20H25N5O2S. The van der Waals surface area contributed by atoms with Gasteiger partial charge in [-0.3, -0.25) is 19.3 Å². The molecule has 3 heterocycles. The van der Waals surface area contributed by atoms with Crippen LogP contribution in [-0.4, -0.2) is 65.0 Å². The van der Waals surface area contributed by atoms with E-state index in [-0.39, 0.29) is 5.91 Å². The van der Waals surface area contributed by atoms with Crippen LogP contribution in [0.2, 0.25) is 0 Å². The van der Waals surface area contributed by atoms with Crippen LogP contribution in [0.5, 0.6) is 0 Å². The van der Waals surface area contributed by atoms with Gasteiger partial charge in [0.2, 0.25) is 0 Å². The van der Waals surface area contributed by atoms with Gasteiger partial charge in [-0.2, -0.15) is 5.10 Å². The Morgan fingerprint density at radius 2 is 2.11 bits per heavy atom. The first-order chi connectivity index (χ1) is 13.7. The van der Waals surface area contributed by atoms with Gasteiger partial charge in [-0.15, -0.1) is 0 Å². The predicted octanol–water partition coefficient (Wildman–Crippen LogP) is 2.57. The van der Waals surface area contributed by atoms with Crippen molar-refractivity contribution in [3.63, 3.8) is 0 Å². The van der Waals surface area contributed by atoms with Crippen LogP contribution >= 0.6 is 11.3 Å². The topological polar surface area (TPSA) is 63.5 Å². The molecule has 1 aliphatic rings. The number of hydrogen-bond acceptors (Lipinski definition) is 6. The van der Waals surface area contributed by atoms with Crippen molar-refractivity contribution in [3.05, 3.63) is 41.7 Å². The van der Waals surface area contributed by atoms with E-state index < -0.39 is 0 Å². The molecule has 4 rings (SSSR count). The minimum atomic E-state index is -0.0666. The Balaban J connectivity index is 1.63. The van der Waals surface area contributed by atoms with E-state index in [2.05, 4.69) is 29.1 Å². The van der Waals surface area contributed by atoms with Gasteiger partial charge in [-0.25, -0.2) is 4.98 Å². The first-order valence-electron chi connectivity index (χ1n) is 9.65. The summed E-state index contributed by atoms with van der Waals surface area (Å²) < 4.78 is 8.16. The van der Waals surface area contributed by atoms with Crippen molar-refractivity contribution in [1.82, 2.24) is 19.7 Å². The number of rotatable bonds is 6. The molecule has 0 unspecified atom stereocenters. The Bertz CT molecular complexity index is 961. The van der Waals surface area contributed by atoms with Gasteiger partial charge in [0.15, 0.2) is 5.13 Å². The third-order valence-corrected chi connectivity index (χ3v) is 6.15. The summed E-state index contributed by atoms with van der Waals surface area (Å²) in [6, 6.07) is 8.08. The lowest BCUT2D eigenvalue weighted by Crippen LogP contribution is -2.43. The molecule has 0 spiro atoms. The van der Waals surface area contributed by atoms with Crippen molar-refractivity contribution in [2.24, 2.45) is 7.05 Å². The van der Waals surface area contributed by atoms with Gasteiger partial charge < -0.3 is 4.74 Å². The first kappa shape index (κ1) is 19.0. The summed E-state index contributed by atoms with van der Waals surface area (Å²) in [5.41, 5.74) is 2.78. The molecule has 0 atom stereocenters. The lowest BCUT2D eigenvalue weighted by molar-refractivity contribution is 0.0391. The van der Waals surface area contributed by atoms with Gasteiger partial charge in [0.05, 0.1) is 23.4 Å². The van der Waals surface area contributed by atoms with Gasteiger partial charge in [0.25, 0.3) is 5.91 Å². The van der Waals surface area contributed by atoms with Crippen LogP contribution in [-0.2, 0) is 18.2 Å². The quantitative estimate of drug-likeness (QED) is 0.638. The van der Waals surface area contributed by atoms with E-state index in [4.69, 9.17) is 9.72 Å². The van der Waals surface area contributed by atoms with Crippen LogP contribution < -0.4 is 4.90 Å². The van der Waals surface area contributed by atoms with Gasteiger partial charge >= 0.3 is 0 Å². The Morgan fingerprint density at radius 3 is 2.82 bits per heavy atom. The number of ether oxygens (including phenoxy) is 1. The van der Waals surface area contributed by atoms with E-state index in [9.17, 15) is 4.79 Å². The fraction of sp³-hybridized carbons (Fsp3) is 0.450. The van der Waals surface area contributed by atoms with Crippen LogP contribution in [0.15, 0.2) is 30.5 Å². The molecule has 1 saturated heterocycles. The zero-order chi connectivity index (χ0) is 19.5. The highest BCUT2D eigenvalue weighted by Gasteiger charge is 2.24. The van der Waals surface area contributed by atoms with Gasteiger partial charge in [0.1, 0.15) is 5.69 Å². The van der Waals surface area contributed by atoms with Gasteiger partial charge in [-0.05, 0) is 30.2 Å². The first-order valence-corrected chi connectivity index (χ1v) is 10.5. The van der Waals surface area contributed by atoms with Crippen molar-refractivity contribution in [1.29, 1.82) is 0 Å². The molecule has 0 aliphatic carbocycles. The Morgan fingerprint density at radius 1 is 1.29 bits per heavy atom. The zero-order valence-corrected chi connectivity index (χ0v) is 17.1. The van der Waals surface area contributed by atoms with Crippen LogP contribution in [0.25, 0.3) is 10.2 Å². The fourth-order valence-electron chi connectivity index (χ4n) is 3.36. The average molecular weight is 400 g/mol. The molecule has 1 aliphatic heterocycles. The number of nitrogens with zero attached hydrogens (tertiary/aromatic N) is 5. The molecule has 1 fully saturated rings. The molecule has 7 nitrogen and oxygen atoms in total. The van der Waals surface area contributed by atoms with Crippen molar-refractivity contribution in [3.8, 4) is 0 Å². The number of aromatic nitrogens is 3. The summed E-state index contributed by atoms with van der Waals surface area (Å²) in [5, 5.41) is 4.89. The Kier molecular flexibility index (Phi) is 5.70. The van der Waals surface area contributed by atoms with Crippen LogP contribution in [0.4, 0.5) is 5.13 Å². The number of hydrogen-bond donors (Lipinski definition) is 0. The monoisotopic (exact) mass is 399 g/mol. The van der Waals surface area contributed by atoms with Crippen LogP contribution in [0.3, 0.4) is 0 Å². The molecule has 1 amide bonds. The lowest BCUT2D eigenvalue weighted by atomic mass is 10.2. The normalized spacial score (nSPS) is 15.2. The minimum Gasteiger partial charge on any atom is -0.379 e. The summed E-state index contributed by atoms with van der Waals surface area (Å²) in [6.45, 7) is 6.81. The SMILES string of the molecule is CCc1ccc2nc(N(CCN3CCOCC3)C(=O)c3ccnn3C)sc2c1. The highest BCUT2D eigenvalue weighted by molar-refractivity contribution is 7.22. The van der Waals surface area contributed by atoms with Crippen molar-refractivity contribution in [2.45, 2.75) is 13.3 Å². The highest BCUT2D eigenvalue weighted by Crippen LogP contribution is 2.30. The number of thiazole rings is 1. The molecular weight excluding hydrogens is 374 g/mol. The number of morpholine rings is 1. The smallest absolute Gasteiger partial charge is 0.278 e. The second-order valence-electron chi connectivity index (χ2n) is 6.90. The summed E-state index contributed by atoms with van der Waals surface area (Å²) in [4.78, 5) is 22.2. The molecule has 3 aromatic rings. The fourth-order valence-corrected chi connectivity index (χ4v) is 4.42. The summed E-state index contributed by atoms with van der Waals surface area (Å²) >= 11 is 1.57. The number of aryl methyl sites for hydroxylation is 2. The molecule has 1 aromatic carbocycles. The second kappa shape index (κ2) is 8.38. The summed E-state index contributed by atoms with van der Waals surface area (Å²) in [5.74, 6) is -0.0666. The molecule has 0 radical (unpaired) electrons. The standard InChI is InChI=1S/C20H25N5O2S/c1-3-15-4-5-16-18(14-15)28-20(22-16)25(9-8-24-10-12-27-13-11-24)19(26)17-6-7-21-23(17)2/h4-7,14H,3,8-13H2,1-2H3.